The Hall–Kier alpha value is -0.950. The summed E-state index contributed by atoms with van der Waals surface area (Å²) in [6, 6.07) is 8.01. The van der Waals surface area contributed by atoms with E-state index in [-0.39, 0.29) is 6.04 Å². The highest BCUT2D eigenvalue weighted by atomic mass is 32.2. The van der Waals surface area contributed by atoms with Gasteiger partial charge in [0.05, 0.1) is 4.90 Å². The van der Waals surface area contributed by atoms with Crippen LogP contribution in [0.15, 0.2) is 29.2 Å². The molecule has 0 radical (unpaired) electrons. The Bertz CT molecular complexity index is 679. The van der Waals surface area contributed by atoms with Crippen LogP contribution in [0.4, 0.5) is 0 Å². The molecule has 1 N–H and O–H groups in total. The van der Waals surface area contributed by atoms with E-state index in [1.165, 1.54) is 23.6 Å². The highest BCUT2D eigenvalue weighted by Crippen LogP contribution is 2.46. The van der Waals surface area contributed by atoms with Crippen molar-refractivity contribution in [1.82, 2.24) is 9.62 Å². The van der Waals surface area contributed by atoms with Crippen molar-refractivity contribution in [3.8, 4) is 0 Å². The highest BCUT2D eigenvalue weighted by molar-refractivity contribution is 7.89. The molecule has 1 aromatic carbocycles. The Kier molecular flexibility index (Phi) is 5.54. The predicted molar refractivity (Wildman–Crippen MR) is 99.0 cm³/mol. The Morgan fingerprint density at radius 3 is 2.40 bits per heavy atom. The zero-order chi connectivity index (χ0) is 18.1. The summed E-state index contributed by atoms with van der Waals surface area (Å²) in [5, 5.41) is 3.82. The molecule has 1 saturated carbocycles. The fraction of sp³-hybridized carbons (Fsp3) is 0.684. The van der Waals surface area contributed by atoms with Gasteiger partial charge in [0, 0.05) is 39.4 Å². The highest BCUT2D eigenvalue weighted by Gasteiger charge is 2.43. The van der Waals surface area contributed by atoms with Crippen molar-refractivity contribution in [1.29, 1.82) is 0 Å². The summed E-state index contributed by atoms with van der Waals surface area (Å²) < 4.78 is 31.2. The van der Waals surface area contributed by atoms with Gasteiger partial charge in [-0.2, -0.15) is 0 Å². The molecule has 1 heterocycles. The normalized spacial score (nSPS) is 24.7. The number of nitrogens with one attached hydrogen (secondary N) is 1. The lowest BCUT2D eigenvalue weighted by atomic mass is 9.75. The van der Waals surface area contributed by atoms with E-state index >= 15 is 0 Å². The van der Waals surface area contributed by atoms with Crippen molar-refractivity contribution >= 4 is 10.0 Å². The fourth-order valence-corrected chi connectivity index (χ4v) is 5.21. The molecule has 2 unspecified atom stereocenters. The Morgan fingerprint density at radius 1 is 1.16 bits per heavy atom. The minimum atomic E-state index is -3.36. The van der Waals surface area contributed by atoms with E-state index in [4.69, 9.17) is 4.74 Å². The first-order chi connectivity index (χ1) is 11.8. The van der Waals surface area contributed by atoms with Gasteiger partial charge < -0.3 is 10.1 Å². The van der Waals surface area contributed by atoms with Gasteiger partial charge in [-0.1, -0.05) is 18.6 Å². The molecular formula is C19H30N2O3S. The van der Waals surface area contributed by atoms with E-state index in [2.05, 4.69) is 12.2 Å². The molecule has 1 saturated heterocycles. The van der Waals surface area contributed by atoms with Crippen molar-refractivity contribution in [3.05, 3.63) is 29.8 Å². The molecule has 2 aliphatic rings. The smallest absolute Gasteiger partial charge is 0.242 e. The minimum Gasteiger partial charge on any atom is -0.381 e. The van der Waals surface area contributed by atoms with E-state index in [9.17, 15) is 8.42 Å². The topological polar surface area (TPSA) is 58.6 Å². The van der Waals surface area contributed by atoms with Gasteiger partial charge in [-0.15, -0.1) is 0 Å². The van der Waals surface area contributed by atoms with Gasteiger partial charge in [-0.3, -0.25) is 0 Å². The van der Waals surface area contributed by atoms with Crippen LogP contribution in [-0.2, 0) is 14.8 Å². The van der Waals surface area contributed by atoms with Crippen LogP contribution in [0.2, 0.25) is 0 Å². The van der Waals surface area contributed by atoms with E-state index in [0.717, 1.165) is 31.6 Å². The first kappa shape index (κ1) is 18.8. The number of nitrogens with zero attached hydrogens (tertiary/aromatic N) is 1. The Balaban J connectivity index is 1.70. The van der Waals surface area contributed by atoms with Crippen LogP contribution >= 0.6 is 0 Å². The number of hydrogen-bond acceptors (Lipinski definition) is 4. The predicted octanol–water partition coefficient (Wildman–Crippen LogP) is 2.94. The largest absolute Gasteiger partial charge is 0.381 e. The maximum Gasteiger partial charge on any atom is 0.242 e. The first-order valence-electron chi connectivity index (χ1n) is 9.21. The maximum atomic E-state index is 12.2. The molecule has 0 aromatic heterocycles. The van der Waals surface area contributed by atoms with Gasteiger partial charge in [0.15, 0.2) is 0 Å². The molecule has 3 rings (SSSR count). The standard InChI is InChI=1S/C19H30N2O3S/c1-15(16-6-8-17(9-7-16)25(22,23)21(2)3)20-18-5-4-10-19(18)11-13-24-14-12-19/h6-9,15,18,20H,4-5,10-14H2,1-3H3. The molecule has 1 aromatic rings. The molecule has 25 heavy (non-hydrogen) atoms. The van der Waals surface area contributed by atoms with E-state index in [1.54, 1.807) is 26.2 Å². The van der Waals surface area contributed by atoms with Gasteiger partial charge in [0.25, 0.3) is 0 Å². The molecule has 1 aliphatic heterocycles. The van der Waals surface area contributed by atoms with Crippen LogP contribution in [0.3, 0.4) is 0 Å². The number of sulfonamides is 1. The van der Waals surface area contributed by atoms with Crippen molar-refractivity contribution in [2.75, 3.05) is 27.3 Å². The number of ether oxygens (including phenoxy) is 1. The number of hydrogen-bond donors (Lipinski definition) is 1. The van der Waals surface area contributed by atoms with Crippen LogP contribution in [0.1, 0.15) is 50.6 Å². The summed E-state index contributed by atoms with van der Waals surface area (Å²) >= 11 is 0. The molecule has 0 amide bonds. The summed E-state index contributed by atoms with van der Waals surface area (Å²) in [6.45, 7) is 3.92. The molecular weight excluding hydrogens is 336 g/mol. The summed E-state index contributed by atoms with van der Waals surface area (Å²) in [6.07, 6.45) is 6.09. The van der Waals surface area contributed by atoms with Crippen LogP contribution in [-0.4, -0.2) is 46.1 Å². The lowest BCUT2D eigenvalue weighted by molar-refractivity contribution is 0.00277. The van der Waals surface area contributed by atoms with Crippen molar-refractivity contribution in [2.24, 2.45) is 5.41 Å². The average molecular weight is 367 g/mol. The number of benzene rings is 1. The molecule has 6 heteroatoms. The van der Waals surface area contributed by atoms with Gasteiger partial charge >= 0.3 is 0 Å². The maximum absolute atomic E-state index is 12.2. The van der Waals surface area contributed by atoms with Crippen molar-refractivity contribution in [2.45, 2.75) is 56.0 Å². The van der Waals surface area contributed by atoms with Gasteiger partial charge in [-0.25, -0.2) is 12.7 Å². The second kappa shape index (κ2) is 7.35. The third kappa shape index (κ3) is 3.77. The van der Waals surface area contributed by atoms with Gasteiger partial charge in [0.1, 0.15) is 0 Å². The van der Waals surface area contributed by atoms with Crippen molar-refractivity contribution < 1.29 is 13.2 Å². The summed E-state index contributed by atoms with van der Waals surface area (Å²) in [4.78, 5) is 0.343. The van der Waals surface area contributed by atoms with E-state index < -0.39 is 10.0 Å². The summed E-state index contributed by atoms with van der Waals surface area (Å²) in [5.41, 5.74) is 1.52. The van der Waals surface area contributed by atoms with E-state index in [0.29, 0.717) is 16.4 Å². The Morgan fingerprint density at radius 2 is 1.80 bits per heavy atom. The van der Waals surface area contributed by atoms with Crippen LogP contribution < -0.4 is 5.32 Å². The SMILES string of the molecule is CC(NC1CCCC12CCOCC2)c1ccc(S(=O)(=O)N(C)C)cc1. The third-order valence-electron chi connectivity index (χ3n) is 6.01. The molecule has 2 atom stereocenters. The molecule has 0 bridgehead atoms. The zero-order valence-corrected chi connectivity index (χ0v) is 16.3. The summed E-state index contributed by atoms with van der Waals surface area (Å²) in [5.74, 6) is 0. The molecule has 1 spiro atoms. The second-order valence-corrected chi connectivity index (χ2v) is 9.82. The molecule has 140 valence electrons. The fourth-order valence-electron chi connectivity index (χ4n) is 4.31. The monoisotopic (exact) mass is 366 g/mol. The molecule has 2 fully saturated rings. The van der Waals surface area contributed by atoms with Crippen LogP contribution in [0, 0.1) is 5.41 Å². The van der Waals surface area contributed by atoms with Crippen LogP contribution in [0.25, 0.3) is 0 Å². The first-order valence-corrected chi connectivity index (χ1v) is 10.7. The Labute approximate surface area is 151 Å². The van der Waals surface area contributed by atoms with Crippen LogP contribution in [0.5, 0.6) is 0 Å². The quantitative estimate of drug-likeness (QED) is 0.870. The van der Waals surface area contributed by atoms with Crippen molar-refractivity contribution in [3.63, 3.8) is 0 Å². The second-order valence-electron chi connectivity index (χ2n) is 7.66. The summed E-state index contributed by atoms with van der Waals surface area (Å²) in [7, 11) is -0.252. The lowest BCUT2D eigenvalue weighted by Crippen LogP contribution is -2.45. The zero-order valence-electron chi connectivity index (χ0n) is 15.5. The third-order valence-corrected chi connectivity index (χ3v) is 7.83. The minimum absolute atomic E-state index is 0.207. The lowest BCUT2D eigenvalue weighted by Gasteiger charge is -2.40. The average Bonchev–Trinajstić information content (AvgIpc) is 2.97. The molecule has 5 nitrogen and oxygen atoms in total. The van der Waals surface area contributed by atoms with Gasteiger partial charge in [-0.05, 0) is 55.7 Å². The van der Waals surface area contributed by atoms with E-state index in [1.807, 2.05) is 12.1 Å². The molecule has 1 aliphatic carbocycles. The number of rotatable bonds is 5. The van der Waals surface area contributed by atoms with Gasteiger partial charge in [0.2, 0.25) is 10.0 Å².